The zero-order chi connectivity index (χ0) is 34.0. The van der Waals surface area contributed by atoms with Gasteiger partial charge in [0.15, 0.2) is 0 Å². The molecule has 1 spiro atoms. The third-order valence-electron chi connectivity index (χ3n) is 11.8. The van der Waals surface area contributed by atoms with Gasteiger partial charge < -0.3 is 4.57 Å². The van der Waals surface area contributed by atoms with Gasteiger partial charge in [-0.1, -0.05) is 146 Å². The smallest absolute Gasteiger partial charge is 0.0787 e. The number of aromatic nitrogens is 2. The van der Waals surface area contributed by atoms with Gasteiger partial charge in [-0.3, -0.25) is 0 Å². The quantitative estimate of drug-likeness (QED) is 0.169. The fourth-order valence-electron chi connectivity index (χ4n) is 9.62. The van der Waals surface area contributed by atoms with Crippen molar-refractivity contribution in [1.82, 2.24) is 9.55 Å². The number of benzene rings is 8. The maximum atomic E-state index is 5.28. The molecule has 0 saturated carbocycles. The molecule has 2 nitrogen and oxygen atoms in total. The van der Waals surface area contributed by atoms with E-state index < -0.39 is 5.41 Å². The van der Waals surface area contributed by atoms with Gasteiger partial charge in [0.2, 0.25) is 0 Å². The first-order chi connectivity index (χ1) is 25.8. The summed E-state index contributed by atoms with van der Waals surface area (Å²) >= 11 is 0. The molecular weight excluding hydrogens is 629 g/mol. The molecule has 0 bridgehead atoms. The van der Waals surface area contributed by atoms with Gasteiger partial charge in [0.25, 0.3) is 0 Å². The van der Waals surface area contributed by atoms with E-state index in [-0.39, 0.29) is 0 Å². The molecule has 8 aromatic carbocycles. The van der Waals surface area contributed by atoms with E-state index in [0.29, 0.717) is 0 Å². The Labute approximate surface area is 300 Å². The van der Waals surface area contributed by atoms with Gasteiger partial charge in [-0.15, -0.1) is 0 Å². The zero-order valence-electron chi connectivity index (χ0n) is 28.2. The molecule has 0 atom stereocenters. The molecular formula is C50H30N2. The van der Waals surface area contributed by atoms with Gasteiger partial charge in [0.1, 0.15) is 0 Å². The maximum Gasteiger partial charge on any atom is 0.0787 e. The van der Waals surface area contributed by atoms with E-state index in [1.165, 1.54) is 82.8 Å². The van der Waals surface area contributed by atoms with Crippen LogP contribution in [0.2, 0.25) is 0 Å². The number of fused-ring (bicyclic) bond motifs is 15. The lowest BCUT2D eigenvalue weighted by molar-refractivity contribution is 0.749. The second kappa shape index (κ2) is 10.2. The molecule has 0 amide bonds. The van der Waals surface area contributed by atoms with Crippen molar-refractivity contribution in [1.29, 1.82) is 0 Å². The van der Waals surface area contributed by atoms with Crippen LogP contribution in [0.25, 0.3) is 82.7 Å². The van der Waals surface area contributed by atoms with E-state index in [2.05, 4.69) is 187 Å². The summed E-state index contributed by atoms with van der Waals surface area (Å²) in [5.74, 6) is 0. The number of rotatable bonds is 2. The Morgan fingerprint density at radius 1 is 0.404 bits per heavy atom. The van der Waals surface area contributed by atoms with Gasteiger partial charge in [-0.2, -0.15) is 0 Å². The first kappa shape index (κ1) is 28.0. The molecule has 3 heterocycles. The van der Waals surface area contributed by atoms with E-state index in [4.69, 9.17) is 4.98 Å². The normalized spacial score (nSPS) is 13.5. The van der Waals surface area contributed by atoms with Gasteiger partial charge in [-0.05, 0) is 86.3 Å². The summed E-state index contributed by atoms with van der Waals surface area (Å²) in [6, 6.07) is 67.2. The fourth-order valence-corrected chi connectivity index (χ4v) is 9.62. The van der Waals surface area contributed by atoms with E-state index in [9.17, 15) is 0 Å². The Hall–Kier alpha value is -6.77. The molecule has 0 unspecified atom stereocenters. The van der Waals surface area contributed by atoms with Crippen LogP contribution in [0.1, 0.15) is 22.3 Å². The Morgan fingerprint density at radius 2 is 1.06 bits per heavy atom. The second-order valence-corrected chi connectivity index (χ2v) is 14.3. The van der Waals surface area contributed by atoms with Crippen molar-refractivity contribution in [2.45, 2.75) is 5.41 Å². The number of hydrogen-bond donors (Lipinski definition) is 0. The summed E-state index contributed by atoms with van der Waals surface area (Å²) in [6.07, 6.45) is 0. The Kier molecular flexibility index (Phi) is 5.46. The maximum absolute atomic E-state index is 5.28. The standard InChI is InChI=1S/C50H30N2/c1-2-15-36-31(12-1)24-25-32-26-27-45(51-48(32)36)34-14-11-13-33(28-34)35-29-40-39-18-5-9-22-46(39)52-47-23-10-8-21-43(47)50(44(30-35)49(40)52)41-19-6-3-16-37(41)38-17-4-7-20-42(38)50/h1-30H. The average molecular weight is 659 g/mol. The molecule has 2 aromatic heterocycles. The van der Waals surface area contributed by atoms with E-state index in [1.54, 1.807) is 0 Å². The third-order valence-corrected chi connectivity index (χ3v) is 11.8. The topological polar surface area (TPSA) is 17.8 Å². The van der Waals surface area contributed by atoms with E-state index in [1.807, 2.05) is 0 Å². The lowest BCUT2D eigenvalue weighted by atomic mass is 9.65. The summed E-state index contributed by atoms with van der Waals surface area (Å²) in [7, 11) is 0. The van der Waals surface area contributed by atoms with Gasteiger partial charge >= 0.3 is 0 Å². The van der Waals surface area contributed by atoms with Gasteiger partial charge in [-0.25, -0.2) is 4.98 Å². The van der Waals surface area contributed by atoms with E-state index >= 15 is 0 Å². The Balaban J connectivity index is 1.17. The summed E-state index contributed by atoms with van der Waals surface area (Å²) in [5.41, 5.74) is 16.8. The molecule has 0 fully saturated rings. The Bertz CT molecular complexity index is 3100. The van der Waals surface area contributed by atoms with Crippen LogP contribution in [-0.4, -0.2) is 9.55 Å². The summed E-state index contributed by atoms with van der Waals surface area (Å²) in [5, 5.41) is 6.09. The zero-order valence-corrected chi connectivity index (χ0v) is 28.2. The van der Waals surface area contributed by atoms with Gasteiger partial charge in [0, 0.05) is 27.1 Å². The van der Waals surface area contributed by atoms with Crippen LogP contribution < -0.4 is 0 Å². The molecule has 0 saturated heterocycles. The molecule has 1 aliphatic heterocycles. The molecule has 2 aliphatic rings. The number of nitrogens with zero attached hydrogens (tertiary/aromatic N) is 2. The molecule has 0 radical (unpaired) electrons. The highest BCUT2D eigenvalue weighted by Gasteiger charge is 2.50. The van der Waals surface area contributed by atoms with Crippen LogP contribution in [-0.2, 0) is 5.41 Å². The van der Waals surface area contributed by atoms with E-state index in [0.717, 1.165) is 22.2 Å². The van der Waals surface area contributed by atoms with Crippen molar-refractivity contribution in [3.05, 3.63) is 204 Å². The highest BCUT2D eigenvalue weighted by Crippen LogP contribution is 2.61. The third kappa shape index (κ3) is 3.51. The predicted octanol–water partition coefficient (Wildman–Crippen LogP) is 12.5. The molecule has 1 aliphatic carbocycles. The lowest BCUT2D eigenvalue weighted by Gasteiger charge is -2.39. The van der Waals surface area contributed by atoms with Crippen LogP contribution in [0.5, 0.6) is 0 Å². The van der Waals surface area contributed by atoms with Crippen LogP contribution >= 0.6 is 0 Å². The SMILES string of the molecule is c1cc(-c2cc3c4c(c2)c2ccccc2n4-c2ccccc2C32c3ccccc3-c3ccccc32)cc(-c2ccc3ccc4ccccc4c3n2)c1. The van der Waals surface area contributed by atoms with Crippen molar-refractivity contribution in [3.8, 4) is 39.2 Å². The highest BCUT2D eigenvalue weighted by molar-refractivity contribution is 6.14. The molecule has 2 heteroatoms. The van der Waals surface area contributed by atoms with Crippen molar-refractivity contribution >= 4 is 43.5 Å². The molecule has 10 aromatic rings. The monoisotopic (exact) mass is 658 g/mol. The molecule has 240 valence electrons. The van der Waals surface area contributed by atoms with Crippen LogP contribution in [0.15, 0.2) is 182 Å². The fraction of sp³-hybridized carbons (Fsp3) is 0.0200. The highest BCUT2D eigenvalue weighted by atomic mass is 15.0. The number of para-hydroxylation sites is 2. The predicted molar refractivity (Wildman–Crippen MR) is 215 cm³/mol. The minimum absolute atomic E-state index is 0.471. The minimum Gasteiger partial charge on any atom is -0.309 e. The number of hydrogen-bond acceptors (Lipinski definition) is 1. The Morgan fingerprint density at radius 3 is 1.90 bits per heavy atom. The first-order valence-electron chi connectivity index (χ1n) is 18.1. The summed E-state index contributed by atoms with van der Waals surface area (Å²) in [4.78, 5) is 5.28. The van der Waals surface area contributed by atoms with Crippen molar-refractivity contribution in [2.75, 3.05) is 0 Å². The lowest BCUT2D eigenvalue weighted by Crippen LogP contribution is -2.33. The largest absolute Gasteiger partial charge is 0.309 e. The summed E-state index contributed by atoms with van der Waals surface area (Å²) < 4.78 is 2.52. The van der Waals surface area contributed by atoms with Crippen molar-refractivity contribution in [3.63, 3.8) is 0 Å². The average Bonchev–Trinajstić information content (AvgIpc) is 3.71. The van der Waals surface area contributed by atoms with Crippen molar-refractivity contribution in [2.24, 2.45) is 0 Å². The van der Waals surface area contributed by atoms with Gasteiger partial charge in [0.05, 0.1) is 33.3 Å². The molecule has 52 heavy (non-hydrogen) atoms. The van der Waals surface area contributed by atoms with Crippen molar-refractivity contribution < 1.29 is 0 Å². The number of pyridine rings is 1. The second-order valence-electron chi connectivity index (χ2n) is 14.3. The van der Waals surface area contributed by atoms with Crippen LogP contribution in [0, 0.1) is 0 Å². The minimum atomic E-state index is -0.471. The molecule has 0 N–H and O–H groups in total. The first-order valence-corrected chi connectivity index (χ1v) is 18.1. The van der Waals surface area contributed by atoms with Crippen LogP contribution in [0.3, 0.4) is 0 Å². The molecule has 12 rings (SSSR count). The van der Waals surface area contributed by atoms with Crippen LogP contribution in [0.4, 0.5) is 0 Å². The summed E-state index contributed by atoms with van der Waals surface area (Å²) in [6.45, 7) is 0.